The van der Waals surface area contributed by atoms with Crippen molar-refractivity contribution in [2.75, 3.05) is 0 Å². The van der Waals surface area contributed by atoms with Crippen LogP contribution < -0.4 is 0 Å². The normalized spacial score (nSPS) is 19.6. The van der Waals surface area contributed by atoms with Crippen molar-refractivity contribution in [3.8, 4) is 0 Å². The van der Waals surface area contributed by atoms with Crippen LogP contribution in [-0.4, -0.2) is 109 Å². The summed E-state index contributed by atoms with van der Waals surface area (Å²) >= 11 is 0. The molecular formula is C24H40NaO14S2. The van der Waals surface area contributed by atoms with Crippen LogP contribution in [0.4, 0.5) is 0 Å². The third kappa shape index (κ3) is 8.42. The van der Waals surface area contributed by atoms with Gasteiger partial charge in [-0.2, -0.15) is 16.8 Å². The maximum absolute atomic E-state index is 11.7. The summed E-state index contributed by atoms with van der Waals surface area (Å²) in [6, 6.07) is 0. The minimum absolute atomic E-state index is 0. The fourth-order valence-corrected chi connectivity index (χ4v) is 8.56. The Balaban J connectivity index is 0.000000762. The van der Waals surface area contributed by atoms with Crippen LogP contribution >= 0.6 is 0 Å². The van der Waals surface area contributed by atoms with Crippen molar-refractivity contribution in [3.63, 3.8) is 0 Å². The van der Waals surface area contributed by atoms with Gasteiger partial charge in [-0.05, 0) is 38.5 Å². The summed E-state index contributed by atoms with van der Waals surface area (Å²) in [7, 11) is -10.1. The van der Waals surface area contributed by atoms with Crippen LogP contribution in [0.3, 0.4) is 0 Å². The maximum Gasteiger partial charge on any atom is 0.328 e. The van der Waals surface area contributed by atoms with Gasteiger partial charge in [0.15, 0.2) is 0 Å². The van der Waals surface area contributed by atoms with E-state index < -0.39 is 77.3 Å². The van der Waals surface area contributed by atoms with Crippen molar-refractivity contribution in [2.45, 2.75) is 113 Å². The van der Waals surface area contributed by atoms with Crippen molar-refractivity contribution >= 4 is 73.7 Å². The van der Waals surface area contributed by atoms with Gasteiger partial charge in [-0.3, -0.25) is 28.3 Å². The van der Waals surface area contributed by atoms with E-state index in [4.69, 9.17) is 10.2 Å². The van der Waals surface area contributed by atoms with E-state index in [2.05, 4.69) is 0 Å². The van der Waals surface area contributed by atoms with Crippen LogP contribution in [0.1, 0.15) is 104 Å². The van der Waals surface area contributed by atoms with Gasteiger partial charge in [-0.1, -0.05) is 52.4 Å². The molecule has 2 rings (SSSR count). The summed E-state index contributed by atoms with van der Waals surface area (Å²) in [6.07, 6.45) is 4.13. The molecule has 2 saturated carbocycles. The first kappa shape index (κ1) is 39.7. The number of aliphatic carboxylic acids is 4. The summed E-state index contributed by atoms with van der Waals surface area (Å²) < 4.78 is 60.2. The van der Waals surface area contributed by atoms with E-state index >= 15 is 0 Å². The van der Waals surface area contributed by atoms with Crippen molar-refractivity contribution in [1.82, 2.24) is 0 Å². The summed E-state index contributed by atoms with van der Waals surface area (Å²) in [5.74, 6) is -6.66. The Morgan fingerprint density at radius 3 is 1.02 bits per heavy atom. The summed E-state index contributed by atoms with van der Waals surface area (Å²) in [5, 5.41) is 36.4. The van der Waals surface area contributed by atoms with Gasteiger partial charge in [0.2, 0.25) is 9.49 Å². The first-order valence-corrected chi connectivity index (χ1v) is 16.0. The van der Waals surface area contributed by atoms with Gasteiger partial charge < -0.3 is 20.4 Å². The fourth-order valence-electron chi connectivity index (χ4n) is 5.80. The molecule has 2 aliphatic carbocycles. The van der Waals surface area contributed by atoms with Crippen molar-refractivity contribution < 1.29 is 65.5 Å². The monoisotopic (exact) mass is 639 g/mol. The minimum Gasteiger partial charge on any atom is -0.481 e. The number of carboxylic acids is 4. The van der Waals surface area contributed by atoms with Crippen molar-refractivity contribution in [3.05, 3.63) is 0 Å². The number of rotatable bonds is 18. The quantitative estimate of drug-likeness (QED) is 0.0716. The van der Waals surface area contributed by atoms with Crippen LogP contribution in [0.25, 0.3) is 0 Å². The molecule has 1 radical (unpaired) electrons. The zero-order valence-electron chi connectivity index (χ0n) is 23.7. The number of hydrogen-bond acceptors (Lipinski definition) is 8. The molecule has 14 nitrogen and oxygen atoms in total. The fraction of sp³-hybridized carbons (Fsp3) is 0.833. The molecule has 6 N–H and O–H groups in total. The summed E-state index contributed by atoms with van der Waals surface area (Å²) in [5.41, 5.74) is -2.33. The molecule has 233 valence electrons. The molecule has 0 bridgehead atoms. The van der Waals surface area contributed by atoms with E-state index in [1.165, 1.54) is 0 Å². The third-order valence-electron chi connectivity index (χ3n) is 8.31. The average Bonchev–Trinajstić information content (AvgIpc) is 3.71. The maximum atomic E-state index is 11.7. The molecule has 2 aliphatic rings. The Morgan fingerprint density at radius 2 is 0.878 bits per heavy atom. The van der Waals surface area contributed by atoms with Crippen LogP contribution in [0.15, 0.2) is 0 Å². The van der Waals surface area contributed by atoms with E-state index in [1.807, 2.05) is 13.8 Å². The average molecular weight is 640 g/mol. The Hall–Kier alpha value is -1.30. The number of carboxylic acid groups (broad SMARTS) is 4. The molecule has 2 unspecified atom stereocenters. The second kappa shape index (κ2) is 14.9. The Labute approximate surface area is 262 Å². The van der Waals surface area contributed by atoms with Gasteiger partial charge in [0.25, 0.3) is 20.2 Å². The predicted molar refractivity (Wildman–Crippen MR) is 146 cm³/mol. The van der Waals surface area contributed by atoms with Crippen LogP contribution in [-0.2, 0) is 39.4 Å². The first-order chi connectivity index (χ1) is 18.3. The first-order valence-electron chi connectivity index (χ1n) is 13.1. The van der Waals surface area contributed by atoms with Gasteiger partial charge in [0.1, 0.15) is 0 Å². The predicted octanol–water partition coefficient (Wildman–Crippen LogP) is 2.68. The van der Waals surface area contributed by atoms with Crippen molar-refractivity contribution in [1.29, 1.82) is 0 Å². The van der Waals surface area contributed by atoms with E-state index in [9.17, 15) is 55.3 Å². The topological polar surface area (TPSA) is 258 Å². The zero-order chi connectivity index (χ0) is 31.2. The second-order valence-corrected chi connectivity index (χ2v) is 14.1. The largest absolute Gasteiger partial charge is 0.481 e. The minimum atomic E-state index is -5.03. The standard InChI is InChI=1S/2C12H20O7S.Na/c2*1-2-3-4-5-11(6-7-11)12(10(15)16,8-9(13)14)20(17,18)19;/h2*2-8H2,1H3,(H,13,14)(H,15,16)(H,17,18,19);. The molecule has 41 heavy (non-hydrogen) atoms. The SMILES string of the molecule is CCCCCC1(C(CC(=O)O)(C(=O)O)S(=O)(=O)O)CC1.CCCCCC1(C(CC(=O)O)(C(=O)O)S(=O)(=O)O)CC1.[Na]. The van der Waals surface area contributed by atoms with E-state index in [-0.39, 0.29) is 29.6 Å². The number of hydrogen-bond donors (Lipinski definition) is 6. The van der Waals surface area contributed by atoms with E-state index in [1.54, 1.807) is 0 Å². The molecule has 0 amide bonds. The molecule has 2 fully saturated rings. The molecule has 2 atom stereocenters. The Kier molecular flexibility index (Phi) is 14.5. The smallest absolute Gasteiger partial charge is 0.328 e. The molecule has 0 aromatic heterocycles. The van der Waals surface area contributed by atoms with Gasteiger partial charge in [-0.15, -0.1) is 0 Å². The molecule has 0 aliphatic heterocycles. The summed E-state index contributed by atoms with van der Waals surface area (Å²) in [6.45, 7) is 3.90. The summed E-state index contributed by atoms with van der Waals surface area (Å²) in [4.78, 5) is 44.9. The molecule has 17 heteroatoms. The van der Waals surface area contributed by atoms with E-state index in [0.29, 0.717) is 51.4 Å². The zero-order valence-corrected chi connectivity index (χ0v) is 27.3. The Bertz CT molecular complexity index is 1080. The van der Waals surface area contributed by atoms with Crippen LogP contribution in [0, 0.1) is 10.8 Å². The molecule has 0 spiro atoms. The number of unbranched alkanes of at least 4 members (excludes halogenated alkanes) is 4. The third-order valence-corrected chi connectivity index (χ3v) is 11.6. The molecular weight excluding hydrogens is 599 g/mol. The molecule has 0 heterocycles. The van der Waals surface area contributed by atoms with Crippen molar-refractivity contribution in [2.24, 2.45) is 10.8 Å². The van der Waals surface area contributed by atoms with Gasteiger partial charge >= 0.3 is 23.9 Å². The molecule has 0 aromatic rings. The number of carbonyl (C=O) groups is 4. The van der Waals surface area contributed by atoms with E-state index in [0.717, 1.165) is 25.7 Å². The van der Waals surface area contributed by atoms with Gasteiger partial charge in [0.05, 0.1) is 12.8 Å². The molecule has 0 saturated heterocycles. The molecule has 0 aromatic carbocycles. The second-order valence-electron chi connectivity index (χ2n) is 10.8. The van der Waals surface area contributed by atoms with Crippen LogP contribution in [0.2, 0.25) is 0 Å². The van der Waals surface area contributed by atoms with Crippen LogP contribution in [0.5, 0.6) is 0 Å². The Morgan fingerprint density at radius 1 is 0.610 bits per heavy atom. The van der Waals surface area contributed by atoms with Gasteiger partial charge in [0, 0.05) is 40.4 Å². The van der Waals surface area contributed by atoms with Gasteiger partial charge in [-0.25, -0.2) is 0 Å².